The maximum atomic E-state index is 12.7. The van der Waals surface area contributed by atoms with E-state index in [4.69, 9.17) is 5.26 Å². The zero-order valence-corrected chi connectivity index (χ0v) is 16.9. The van der Waals surface area contributed by atoms with Crippen LogP contribution < -0.4 is 10.9 Å². The average Bonchev–Trinajstić information content (AvgIpc) is 2.66. The van der Waals surface area contributed by atoms with Crippen LogP contribution in [0.3, 0.4) is 0 Å². The molecule has 0 aliphatic carbocycles. The molecule has 1 N–H and O–H groups in total. The Labute approximate surface area is 170 Å². The number of aromatic nitrogens is 2. The Morgan fingerprint density at radius 1 is 1.18 bits per heavy atom. The van der Waals surface area contributed by atoms with Crippen molar-refractivity contribution in [1.82, 2.24) is 9.55 Å². The number of carbonyl (C=O) groups is 1. The number of halogens is 1. The lowest BCUT2D eigenvalue weighted by molar-refractivity contribution is -0.116. The summed E-state index contributed by atoms with van der Waals surface area (Å²) < 4.78 is 1.97. The van der Waals surface area contributed by atoms with Crippen LogP contribution in [0.15, 0.2) is 57.9 Å². The molecule has 0 atom stereocenters. The van der Waals surface area contributed by atoms with Crippen molar-refractivity contribution in [2.45, 2.75) is 20.4 Å². The van der Waals surface area contributed by atoms with Gasteiger partial charge in [-0.1, -0.05) is 35.9 Å². The Kier molecular flexibility index (Phi) is 5.71. The molecule has 1 amide bonds. The summed E-state index contributed by atoms with van der Waals surface area (Å²) in [5.74, 6) is -0.0565. The molecule has 3 rings (SSSR count). The SMILES string of the molecule is Cc1ccc(-c2ncc(C#N)c(=O)n2CC(=O)Nc2ccc(C)cc2Br)cc1. The molecule has 0 saturated carbocycles. The Hall–Kier alpha value is -3.24. The van der Waals surface area contributed by atoms with Crippen molar-refractivity contribution in [1.29, 1.82) is 5.26 Å². The summed E-state index contributed by atoms with van der Waals surface area (Å²) in [7, 11) is 0. The maximum Gasteiger partial charge on any atom is 0.272 e. The Bertz CT molecular complexity index is 1140. The number of amides is 1. The fourth-order valence-corrected chi connectivity index (χ4v) is 3.30. The first-order valence-corrected chi connectivity index (χ1v) is 9.31. The van der Waals surface area contributed by atoms with E-state index < -0.39 is 11.5 Å². The van der Waals surface area contributed by atoms with Crippen LogP contribution in [0.25, 0.3) is 11.4 Å². The van der Waals surface area contributed by atoms with E-state index in [1.54, 1.807) is 6.07 Å². The monoisotopic (exact) mass is 436 g/mol. The molecule has 0 radical (unpaired) electrons. The summed E-state index contributed by atoms with van der Waals surface area (Å²) >= 11 is 3.42. The first-order valence-electron chi connectivity index (χ1n) is 8.52. The first-order chi connectivity index (χ1) is 13.4. The molecule has 3 aromatic rings. The van der Waals surface area contributed by atoms with Gasteiger partial charge in [0.1, 0.15) is 24.0 Å². The molecule has 0 unspecified atom stereocenters. The fourth-order valence-electron chi connectivity index (χ4n) is 2.70. The van der Waals surface area contributed by atoms with Gasteiger partial charge < -0.3 is 5.32 Å². The van der Waals surface area contributed by atoms with E-state index in [0.29, 0.717) is 17.1 Å². The summed E-state index contributed by atoms with van der Waals surface area (Å²) in [6.07, 6.45) is 1.24. The van der Waals surface area contributed by atoms with Crippen molar-refractivity contribution >= 4 is 27.5 Å². The van der Waals surface area contributed by atoms with Gasteiger partial charge in [0, 0.05) is 10.0 Å². The number of anilines is 1. The number of benzene rings is 2. The molecule has 0 aliphatic rings. The van der Waals surface area contributed by atoms with Crippen LogP contribution in [0.2, 0.25) is 0 Å². The van der Waals surface area contributed by atoms with Gasteiger partial charge in [0.15, 0.2) is 0 Å². The van der Waals surface area contributed by atoms with Gasteiger partial charge in [-0.2, -0.15) is 5.26 Å². The number of nitrogens with one attached hydrogen (secondary N) is 1. The normalized spacial score (nSPS) is 10.4. The highest BCUT2D eigenvalue weighted by atomic mass is 79.9. The van der Waals surface area contributed by atoms with Gasteiger partial charge in [0.05, 0.1) is 11.9 Å². The van der Waals surface area contributed by atoms with Gasteiger partial charge in [0.2, 0.25) is 5.91 Å². The van der Waals surface area contributed by atoms with Crippen LogP contribution in [-0.2, 0) is 11.3 Å². The molecular weight excluding hydrogens is 420 g/mol. The van der Waals surface area contributed by atoms with Crippen molar-refractivity contribution in [2.24, 2.45) is 0 Å². The molecule has 140 valence electrons. The van der Waals surface area contributed by atoms with Gasteiger partial charge >= 0.3 is 0 Å². The van der Waals surface area contributed by atoms with Gasteiger partial charge in [-0.25, -0.2) is 4.98 Å². The molecule has 0 bridgehead atoms. The Morgan fingerprint density at radius 2 is 1.86 bits per heavy atom. The van der Waals surface area contributed by atoms with E-state index in [1.165, 1.54) is 10.8 Å². The minimum atomic E-state index is -0.550. The largest absolute Gasteiger partial charge is 0.324 e. The van der Waals surface area contributed by atoms with Gasteiger partial charge in [-0.3, -0.25) is 14.2 Å². The molecule has 2 aromatic carbocycles. The summed E-state index contributed by atoms with van der Waals surface area (Å²) in [6.45, 7) is 3.64. The van der Waals surface area contributed by atoms with Crippen LogP contribution in [-0.4, -0.2) is 15.5 Å². The van der Waals surface area contributed by atoms with Crippen molar-refractivity contribution in [3.63, 3.8) is 0 Å². The maximum absolute atomic E-state index is 12.7. The number of rotatable bonds is 4. The zero-order chi connectivity index (χ0) is 20.3. The second-order valence-electron chi connectivity index (χ2n) is 6.40. The summed E-state index contributed by atoms with van der Waals surface area (Å²) in [4.78, 5) is 29.5. The van der Waals surface area contributed by atoms with Crippen molar-refractivity contribution in [3.05, 3.63) is 80.2 Å². The quantitative estimate of drug-likeness (QED) is 0.673. The van der Waals surface area contributed by atoms with Gasteiger partial charge in [-0.05, 0) is 47.5 Å². The van der Waals surface area contributed by atoms with Crippen molar-refractivity contribution in [2.75, 3.05) is 5.32 Å². The van der Waals surface area contributed by atoms with E-state index in [9.17, 15) is 9.59 Å². The Morgan fingerprint density at radius 3 is 2.50 bits per heavy atom. The van der Waals surface area contributed by atoms with Crippen LogP contribution in [0.5, 0.6) is 0 Å². The Balaban J connectivity index is 1.97. The number of nitriles is 1. The van der Waals surface area contributed by atoms with Crippen LogP contribution in [0.1, 0.15) is 16.7 Å². The average molecular weight is 437 g/mol. The van der Waals surface area contributed by atoms with E-state index in [-0.39, 0.29) is 12.1 Å². The van der Waals surface area contributed by atoms with E-state index in [0.717, 1.165) is 15.6 Å². The molecule has 6 nitrogen and oxygen atoms in total. The molecule has 0 fully saturated rings. The highest BCUT2D eigenvalue weighted by Gasteiger charge is 2.16. The number of hydrogen-bond acceptors (Lipinski definition) is 4. The molecule has 0 saturated heterocycles. The van der Waals surface area contributed by atoms with Crippen LogP contribution >= 0.6 is 15.9 Å². The highest BCUT2D eigenvalue weighted by Crippen LogP contribution is 2.23. The predicted octanol–water partition coefficient (Wildman–Crippen LogP) is 3.80. The highest BCUT2D eigenvalue weighted by molar-refractivity contribution is 9.10. The van der Waals surface area contributed by atoms with Crippen LogP contribution in [0.4, 0.5) is 5.69 Å². The first kappa shape index (κ1) is 19.5. The molecule has 0 aliphatic heterocycles. The molecule has 0 spiro atoms. The summed E-state index contributed by atoms with van der Waals surface area (Å²) in [5, 5.41) is 11.9. The number of hydrogen-bond donors (Lipinski definition) is 1. The van der Waals surface area contributed by atoms with E-state index >= 15 is 0 Å². The van der Waals surface area contributed by atoms with Gasteiger partial charge in [0.25, 0.3) is 5.56 Å². The fraction of sp³-hybridized carbons (Fsp3) is 0.143. The third kappa shape index (κ3) is 4.18. The lowest BCUT2D eigenvalue weighted by Gasteiger charge is -2.13. The zero-order valence-electron chi connectivity index (χ0n) is 15.4. The number of carbonyl (C=O) groups excluding carboxylic acids is 1. The van der Waals surface area contributed by atoms with E-state index in [2.05, 4.69) is 26.2 Å². The summed E-state index contributed by atoms with van der Waals surface area (Å²) in [6, 6.07) is 14.8. The van der Waals surface area contributed by atoms with E-state index in [1.807, 2.05) is 56.3 Å². The molecule has 28 heavy (non-hydrogen) atoms. The third-order valence-corrected chi connectivity index (χ3v) is 4.83. The smallest absolute Gasteiger partial charge is 0.272 e. The lowest BCUT2D eigenvalue weighted by atomic mass is 10.1. The molecule has 7 heteroatoms. The lowest BCUT2D eigenvalue weighted by Crippen LogP contribution is -2.31. The number of aryl methyl sites for hydroxylation is 2. The van der Waals surface area contributed by atoms with Crippen molar-refractivity contribution < 1.29 is 4.79 Å². The second kappa shape index (κ2) is 8.19. The van der Waals surface area contributed by atoms with Crippen molar-refractivity contribution in [3.8, 4) is 17.5 Å². The standard InChI is InChI=1S/C21H17BrN4O2/c1-13-3-6-15(7-4-13)20-24-11-16(10-23)21(28)26(20)12-19(27)25-18-8-5-14(2)9-17(18)22/h3-9,11H,12H2,1-2H3,(H,25,27). The molecular formula is C21H17BrN4O2. The minimum Gasteiger partial charge on any atom is -0.324 e. The molecule has 1 aromatic heterocycles. The van der Waals surface area contributed by atoms with Crippen LogP contribution in [0, 0.1) is 25.2 Å². The third-order valence-electron chi connectivity index (χ3n) is 4.18. The minimum absolute atomic E-state index is 0.111. The second-order valence-corrected chi connectivity index (χ2v) is 7.25. The van der Waals surface area contributed by atoms with Gasteiger partial charge in [-0.15, -0.1) is 0 Å². The topological polar surface area (TPSA) is 87.8 Å². The molecule has 1 heterocycles. The number of nitrogens with zero attached hydrogens (tertiary/aromatic N) is 3. The summed E-state index contributed by atoms with van der Waals surface area (Å²) in [5.41, 5.74) is 2.75. The predicted molar refractivity (Wildman–Crippen MR) is 111 cm³/mol.